The first-order valence-electron chi connectivity index (χ1n) is 7.27. The van der Waals surface area contributed by atoms with Gasteiger partial charge in [-0.2, -0.15) is 4.39 Å². The average molecular weight is 335 g/mol. The Balaban J connectivity index is 1.85. The van der Waals surface area contributed by atoms with Crippen molar-refractivity contribution in [2.75, 3.05) is 5.32 Å². The smallest absolute Gasteiger partial charge is 0.258 e. The highest BCUT2D eigenvalue weighted by atomic mass is 19.1. The highest BCUT2D eigenvalue weighted by molar-refractivity contribution is 6.04. The van der Waals surface area contributed by atoms with Crippen LogP contribution in [0.2, 0.25) is 0 Å². The van der Waals surface area contributed by atoms with Gasteiger partial charge in [0, 0.05) is 11.8 Å². The summed E-state index contributed by atoms with van der Waals surface area (Å²) in [6, 6.07) is 11.5. The van der Waals surface area contributed by atoms with Crippen molar-refractivity contribution in [3.8, 4) is 11.8 Å². The Morgan fingerprint density at radius 1 is 1.04 bits per heavy atom. The Morgan fingerprint density at radius 2 is 1.92 bits per heavy atom. The number of nitrogens with one attached hydrogen (secondary N) is 1. The molecule has 6 heteroatoms. The van der Waals surface area contributed by atoms with E-state index < -0.39 is 17.7 Å². The molecule has 0 unspecified atom stereocenters. The summed E-state index contributed by atoms with van der Waals surface area (Å²) in [7, 11) is 0. The summed E-state index contributed by atoms with van der Waals surface area (Å²) in [6.45, 7) is 0. The van der Waals surface area contributed by atoms with E-state index in [1.165, 1.54) is 30.5 Å². The van der Waals surface area contributed by atoms with Gasteiger partial charge in [0.1, 0.15) is 11.5 Å². The molecule has 1 N–H and O–H groups in total. The molecule has 2 aromatic heterocycles. The van der Waals surface area contributed by atoms with E-state index in [1.807, 2.05) is 0 Å². The van der Waals surface area contributed by atoms with E-state index >= 15 is 0 Å². The van der Waals surface area contributed by atoms with Crippen LogP contribution in [0.1, 0.15) is 21.6 Å². The average Bonchev–Trinajstić information content (AvgIpc) is 2.62. The minimum Gasteiger partial charge on any atom is -0.320 e. The van der Waals surface area contributed by atoms with Gasteiger partial charge in [0.2, 0.25) is 5.95 Å². The van der Waals surface area contributed by atoms with Gasteiger partial charge in [-0.15, -0.1) is 0 Å². The molecule has 4 nitrogen and oxygen atoms in total. The number of nitrogens with zero attached hydrogens (tertiary/aromatic N) is 2. The lowest BCUT2D eigenvalue weighted by atomic mass is 10.1. The van der Waals surface area contributed by atoms with Crippen molar-refractivity contribution in [2.45, 2.75) is 0 Å². The molecule has 25 heavy (non-hydrogen) atoms. The standard InChI is InChI=1S/C19H11F2N3O/c20-17-9-7-13(6-8-14-3-1-5-18(21)23-14)11-16(17)19(25)24-15-4-2-10-22-12-15/h1-5,7,9-12H,(H,24,25). The monoisotopic (exact) mass is 335 g/mol. The van der Waals surface area contributed by atoms with Crippen LogP contribution in [-0.2, 0) is 0 Å². The Hall–Kier alpha value is -3.59. The van der Waals surface area contributed by atoms with Gasteiger partial charge in [-0.1, -0.05) is 12.0 Å². The second kappa shape index (κ2) is 7.32. The van der Waals surface area contributed by atoms with E-state index in [-0.39, 0.29) is 11.3 Å². The third-order valence-corrected chi connectivity index (χ3v) is 3.18. The summed E-state index contributed by atoms with van der Waals surface area (Å²) in [6.07, 6.45) is 3.02. The van der Waals surface area contributed by atoms with E-state index in [9.17, 15) is 13.6 Å². The molecular weight excluding hydrogens is 324 g/mol. The fraction of sp³-hybridized carbons (Fsp3) is 0. The second-order valence-corrected chi connectivity index (χ2v) is 4.99. The maximum atomic E-state index is 14.0. The van der Waals surface area contributed by atoms with Crippen LogP contribution in [0.3, 0.4) is 0 Å². The third kappa shape index (κ3) is 4.24. The molecule has 0 saturated heterocycles. The number of carbonyl (C=O) groups is 1. The number of carbonyl (C=O) groups excluding carboxylic acids is 1. The van der Waals surface area contributed by atoms with Crippen LogP contribution in [0.4, 0.5) is 14.5 Å². The lowest BCUT2D eigenvalue weighted by Gasteiger charge is -2.06. The molecule has 0 saturated carbocycles. The number of anilines is 1. The van der Waals surface area contributed by atoms with Crippen molar-refractivity contribution in [2.24, 2.45) is 0 Å². The molecular formula is C19H11F2N3O. The van der Waals surface area contributed by atoms with Gasteiger partial charge in [-0.25, -0.2) is 9.37 Å². The predicted octanol–water partition coefficient (Wildman–Crippen LogP) is 3.41. The number of halogens is 2. The largest absolute Gasteiger partial charge is 0.320 e. The lowest BCUT2D eigenvalue weighted by molar-refractivity contribution is 0.102. The summed E-state index contributed by atoms with van der Waals surface area (Å²) in [5, 5.41) is 2.56. The van der Waals surface area contributed by atoms with E-state index in [0.29, 0.717) is 11.3 Å². The molecule has 0 spiro atoms. The molecule has 0 atom stereocenters. The minimum atomic E-state index is -0.671. The Morgan fingerprint density at radius 3 is 2.68 bits per heavy atom. The van der Waals surface area contributed by atoms with E-state index in [4.69, 9.17) is 0 Å². The second-order valence-electron chi connectivity index (χ2n) is 4.99. The maximum Gasteiger partial charge on any atom is 0.258 e. The van der Waals surface area contributed by atoms with Crippen LogP contribution < -0.4 is 5.32 Å². The number of aromatic nitrogens is 2. The lowest BCUT2D eigenvalue weighted by Crippen LogP contribution is -2.14. The summed E-state index contributed by atoms with van der Waals surface area (Å²) in [5.41, 5.74) is 0.949. The number of benzene rings is 1. The molecule has 0 bridgehead atoms. The Kier molecular flexibility index (Phi) is 4.77. The summed E-state index contributed by atoms with van der Waals surface area (Å²) in [4.78, 5) is 19.7. The van der Waals surface area contributed by atoms with Crippen LogP contribution in [0.5, 0.6) is 0 Å². The van der Waals surface area contributed by atoms with Gasteiger partial charge >= 0.3 is 0 Å². The van der Waals surface area contributed by atoms with Crippen LogP contribution >= 0.6 is 0 Å². The fourth-order valence-corrected chi connectivity index (χ4v) is 2.03. The maximum absolute atomic E-state index is 14.0. The molecule has 0 aliphatic heterocycles. The van der Waals surface area contributed by atoms with Crippen molar-refractivity contribution in [1.82, 2.24) is 9.97 Å². The van der Waals surface area contributed by atoms with Gasteiger partial charge < -0.3 is 5.32 Å². The molecule has 3 aromatic rings. The van der Waals surface area contributed by atoms with Crippen LogP contribution in [-0.4, -0.2) is 15.9 Å². The molecule has 1 amide bonds. The SMILES string of the molecule is O=C(Nc1cccnc1)c1cc(C#Cc2cccc(F)n2)ccc1F. The third-order valence-electron chi connectivity index (χ3n) is 3.18. The number of hydrogen-bond donors (Lipinski definition) is 1. The number of pyridine rings is 2. The van der Waals surface area contributed by atoms with Crippen molar-refractivity contribution in [1.29, 1.82) is 0 Å². The zero-order valence-electron chi connectivity index (χ0n) is 12.8. The molecule has 122 valence electrons. The van der Waals surface area contributed by atoms with E-state index in [2.05, 4.69) is 27.1 Å². The first-order chi connectivity index (χ1) is 12.1. The van der Waals surface area contributed by atoms with Gasteiger partial charge in [0.15, 0.2) is 0 Å². The normalized spacial score (nSPS) is 9.84. The minimum absolute atomic E-state index is 0.150. The van der Waals surface area contributed by atoms with Crippen LogP contribution in [0.15, 0.2) is 60.9 Å². The summed E-state index contributed by atoms with van der Waals surface area (Å²) in [5.74, 6) is 3.49. The molecule has 3 rings (SSSR count). The Labute approximate surface area is 142 Å². The fourth-order valence-electron chi connectivity index (χ4n) is 2.03. The zero-order chi connectivity index (χ0) is 17.6. The summed E-state index contributed by atoms with van der Waals surface area (Å²) >= 11 is 0. The molecule has 0 aliphatic carbocycles. The Bertz CT molecular complexity index is 979. The van der Waals surface area contributed by atoms with Crippen LogP contribution in [0.25, 0.3) is 0 Å². The molecule has 0 radical (unpaired) electrons. The van der Waals surface area contributed by atoms with E-state index in [0.717, 1.165) is 6.07 Å². The molecule has 1 aromatic carbocycles. The topological polar surface area (TPSA) is 54.9 Å². The number of amides is 1. The molecule has 2 heterocycles. The first-order valence-corrected chi connectivity index (χ1v) is 7.27. The number of hydrogen-bond acceptors (Lipinski definition) is 3. The number of rotatable bonds is 2. The highest BCUT2D eigenvalue weighted by Crippen LogP contribution is 2.13. The van der Waals surface area contributed by atoms with Gasteiger partial charge in [0.05, 0.1) is 17.4 Å². The van der Waals surface area contributed by atoms with Crippen LogP contribution in [0, 0.1) is 23.6 Å². The molecule has 0 fully saturated rings. The van der Waals surface area contributed by atoms with Crippen molar-refractivity contribution < 1.29 is 13.6 Å². The van der Waals surface area contributed by atoms with Crippen molar-refractivity contribution in [3.63, 3.8) is 0 Å². The first kappa shape index (κ1) is 16.3. The van der Waals surface area contributed by atoms with Gasteiger partial charge in [-0.05, 0) is 48.4 Å². The predicted molar refractivity (Wildman–Crippen MR) is 88.8 cm³/mol. The van der Waals surface area contributed by atoms with Gasteiger partial charge in [0.25, 0.3) is 5.91 Å². The highest BCUT2D eigenvalue weighted by Gasteiger charge is 2.12. The quantitative estimate of drug-likeness (QED) is 0.577. The van der Waals surface area contributed by atoms with Gasteiger partial charge in [-0.3, -0.25) is 9.78 Å². The summed E-state index contributed by atoms with van der Waals surface area (Å²) < 4.78 is 27.0. The molecule has 0 aliphatic rings. The van der Waals surface area contributed by atoms with Crippen molar-refractivity contribution in [3.05, 3.63) is 89.5 Å². The van der Waals surface area contributed by atoms with E-state index in [1.54, 1.807) is 24.4 Å². The van der Waals surface area contributed by atoms with Crippen molar-refractivity contribution >= 4 is 11.6 Å². The zero-order valence-corrected chi connectivity index (χ0v) is 12.8.